The normalized spacial score (nSPS) is 16.6. The molecule has 2 N–H and O–H groups in total. The lowest BCUT2D eigenvalue weighted by Crippen LogP contribution is -2.40. The lowest BCUT2D eigenvalue weighted by atomic mass is 10.2. The third-order valence-corrected chi connectivity index (χ3v) is 5.21. The van der Waals surface area contributed by atoms with Crippen molar-refractivity contribution in [3.8, 4) is 11.5 Å². The van der Waals surface area contributed by atoms with E-state index in [0.29, 0.717) is 12.3 Å². The van der Waals surface area contributed by atoms with Crippen molar-refractivity contribution >= 4 is 11.8 Å². The Bertz CT molecular complexity index is 496. The molecule has 1 aliphatic rings. The quantitative estimate of drug-likeness (QED) is 0.585. The fourth-order valence-corrected chi connectivity index (χ4v) is 3.77. The van der Waals surface area contributed by atoms with E-state index in [4.69, 9.17) is 9.47 Å². The molecule has 1 atom stereocenters. The van der Waals surface area contributed by atoms with E-state index in [9.17, 15) is 5.11 Å². The highest BCUT2D eigenvalue weighted by Crippen LogP contribution is 2.28. The Kier molecular flexibility index (Phi) is 9.47. The number of methoxy groups -OCH3 is 1. The van der Waals surface area contributed by atoms with Gasteiger partial charge in [-0.3, -0.25) is 4.90 Å². The largest absolute Gasteiger partial charge is 0.493 e. The summed E-state index contributed by atoms with van der Waals surface area (Å²) in [5.41, 5.74) is 1.17. The second kappa shape index (κ2) is 11.6. The molecule has 0 bridgehead atoms. The molecule has 0 radical (unpaired) electrons. The molecule has 1 aromatic carbocycles. The van der Waals surface area contributed by atoms with Gasteiger partial charge in [-0.05, 0) is 30.7 Å². The van der Waals surface area contributed by atoms with Gasteiger partial charge in [0.15, 0.2) is 11.5 Å². The number of hydrogen-bond donors (Lipinski definition) is 2. The van der Waals surface area contributed by atoms with Gasteiger partial charge in [-0.15, -0.1) is 0 Å². The number of rotatable bonds is 11. The molecule has 0 aliphatic carbocycles. The first kappa shape index (κ1) is 20.4. The van der Waals surface area contributed by atoms with Gasteiger partial charge in [0.25, 0.3) is 0 Å². The van der Waals surface area contributed by atoms with E-state index in [1.165, 1.54) is 18.4 Å². The summed E-state index contributed by atoms with van der Waals surface area (Å²) >= 11 is 1.97. The summed E-state index contributed by atoms with van der Waals surface area (Å²) in [4.78, 5) is 2.30. The van der Waals surface area contributed by atoms with Gasteiger partial charge in [-0.2, -0.15) is 11.8 Å². The van der Waals surface area contributed by atoms with Gasteiger partial charge in [0.1, 0.15) is 12.7 Å². The maximum atomic E-state index is 10.2. The molecule has 5 nitrogen and oxygen atoms in total. The topological polar surface area (TPSA) is 54.0 Å². The summed E-state index contributed by atoms with van der Waals surface area (Å²) in [6.07, 6.45) is 1.90. The molecule has 142 valence electrons. The predicted octanol–water partition coefficient (Wildman–Crippen LogP) is 2.37. The van der Waals surface area contributed by atoms with Crippen LogP contribution in [-0.4, -0.2) is 67.5 Å². The Labute approximate surface area is 156 Å². The molecule has 0 spiro atoms. The molecule has 1 aromatic rings. The number of nitrogens with zero attached hydrogens (tertiary/aromatic N) is 1. The fourth-order valence-electron chi connectivity index (χ4n) is 2.80. The molecule has 2 rings (SSSR count). The number of nitrogens with one attached hydrogen (secondary N) is 1. The molecule has 1 fully saturated rings. The average Bonchev–Trinajstić information content (AvgIpc) is 2.64. The third kappa shape index (κ3) is 7.44. The number of aliphatic hydroxyl groups excluding tert-OH is 1. The van der Waals surface area contributed by atoms with Crippen LogP contribution < -0.4 is 14.8 Å². The lowest BCUT2D eigenvalue weighted by molar-refractivity contribution is 0.0705. The molecule has 0 saturated carbocycles. The van der Waals surface area contributed by atoms with Crippen LogP contribution in [0.2, 0.25) is 0 Å². The number of benzene rings is 1. The maximum absolute atomic E-state index is 10.2. The minimum absolute atomic E-state index is 0.286. The zero-order chi connectivity index (χ0) is 17.9. The first-order valence-electron chi connectivity index (χ1n) is 9.21. The van der Waals surface area contributed by atoms with Gasteiger partial charge < -0.3 is 19.9 Å². The maximum Gasteiger partial charge on any atom is 0.161 e. The third-order valence-electron chi connectivity index (χ3n) is 4.27. The van der Waals surface area contributed by atoms with Gasteiger partial charge in [0.05, 0.1) is 7.11 Å². The van der Waals surface area contributed by atoms with E-state index in [2.05, 4.69) is 17.1 Å². The first-order valence-corrected chi connectivity index (χ1v) is 10.4. The van der Waals surface area contributed by atoms with Gasteiger partial charge in [0.2, 0.25) is 0 Å². The summed E-state index contributed by atoms with van der Waals surface area (Å²) < 4.78 is 11.3. The summed E-state index contributed by atoms with van der Waals surface area (Å²) in [6, 6.07) is 5.98. The van der Waals surface area contributed by atoms with E-state index in [1.807, 2.05) is 30.0 Å². The Hall–Kier alpha value is -0.950. The van der Waals surface area contributed by atoms with Crippen LogP contribution in [-0.2, 0) is 6.54 Å². The smallest absolute Gasteiger partial charge is 0.161 e. The highest BCUT2D eigenvalue weighted by molar-refractivity contribution is 7.99. The van der Waals surface area contributed by atoms with Gasteiger partial charge in [0, 0.05) is 37.7 Å². The number of aliphatic hydroxyl groups is 1. The zero-order valence-electron chi connectivity index (χ0n) is 15.5. The lowest BCUT2D eigenvalue weighted by Gasteiger charge is -2.28. The molecule has 1 aliphatic heterocycles. The molecule has 1 saturated heterocycles. The van der Waals surface area contributed by atoms with E-state index in [0.717, 1.165) is 43.4 Å². The molecule has 1 heterocycles. The van der Waals surface area contributed by atoms with Crippen molar-refractivity contribution in [2.24, 2.45) is 0 Å². The Morgan fingerprint density at radius 1 is 1.28 bits per heavy atom. The predicted molar refractivity (Wildman–Crippen MR) is 105 cm³/mol. The summed E-state index contributed by atoms with van der Waals surface area (Å²) in [6.45, 7) is 7.09. The van der Waals surface area contributed by atoms with E-state index in [-0.39, 0.29) is 6.61 Å². The van der Waals surface area contributed by atoms with Crippen molar-refractivity contribution < 1.29 is 14.6 Å². The summed E-state index contributed by atoms with van der Waals surface area (Å²) in [7, 11) is 1.65. The van der Waals surface area contributed by atoms with Crippen LogP contribution in [0.25, 0.3) is 0 Å². The van der Waals surface area contributed by atoms with Crippen LogP contribution in [0.4, 0.5) is 0 Å². The van der Waals surface area contributed by atoms with Crippen LogP contribution in [0.3, 0.4) is 0 Å². The van der Waals surface area contributed by atoms with E-state index >= 15 is 0 Å². The molecular weight excluding hydrogens is 336 g/mol. The Morgan fingerprint density at radius 2 is 2.08 bits per heavy atom. The second-order valence-electron chi connectivity index (χ2n) is 6.39. The molecular formula is C19H32N2O3S. The van der Waals surface area contributed by atoms with Crippen LogP contribution in [0.5, 0.6) is 11.5 Å². The number of β-amino-alcohol motifs (C(OH)–C–C–N with tert-alkyl or cyclic N) is 1. The van der Waals surface area contributed by atoms with E-state index < -0.39 is 6.10 Å². The van der Waals surface area contributed by atoms with E-state index in [1.54, 1.807) is 7.11 Å². The summed E-state index contributed by atoms with van der Waals surface area (Å²) in [5, 5.41) is 13.6. The van der Waals surface area contributed by atoms with Gasteiger partial charge in [-0.25, -0.2) is 0 Å². The highest BCUT2D eigenvalue weighted by Gasteiger charge is 2.16. The Balaban J connectivity index is 1.79. The summed E-state index contributed by atoms with van der Waals surface area (Å²) in [5.74, 6) is 3.70. The minimum atomic E-state index is -0.483. The van der Waals surface area contributed by atoms with Crippen molar-refractivity contribution in [1.82, 2.24) is 10.2 Å². The van der Waals surface area contributed by atoms with Crippen LogP contribution in [0, 0.1) is 0 Å². The Morgan fingerprint density at radius 3 is 2.80 bits per heavy atom. The van der Waals surface area contributed by atoms with Crippen molar-refractivity contribution in [2.45, 2.75) is 32.4 Å². The van der Waals surface area contributed by atoms with Crippen LogP contribution >= 0.6 is 11.8 Å². The standard InChI is InChI=1S/C19H32N2O3S/c1-3-4-7-20-13-16-5-6-18(19(12-16)23-2)24-15-17(22)14-21-8-10-25-11-9-21/h5-6,12,17,20,22H,3-4,7-11,13-15H2,1-2H3/t17-/m1/s1. The average molecular weight is 369 g/mol. The number of hydrogen-bond acceptors (Lipinski definition) is 6. The highest BCUT2D eigenvalue weighted by atomic mass is 32.2. The number of unbranched alkanes of at least 4 members (excludes halogenated alkanes) is 1. The van der Waals surface area contributed by atoms with Gasteiger partial charge in [-0.1, -0.05) is 19.4 Å². The molecule has 6 heteroatoms. The van der Waals surface area contributed by atoms with Crippen molar-refractivity contribution in [3.05, 3.63) is 23.8 Å². The van der Waals surface area contributed by atoms with Crippen molar-refractivity contribution in [3.63, 3.8) is 0 Å². The van der Waals surface area contributed by atoms with Crippen molar-refractivity contribution in [2.75, 3.05) is 51.4 Å². The SMILES string of the molecule is CCCCNCc1ccc(OC[C@H](O)CN2CCSCC2)c(OC)c1. The fraction of sp³-hybridized carbons (Fsp3) is 0.684. The molecule has 25 heavy (non-hydrogen) atoms. The van der Waals surface area contributed by atoms with Gasteiger partial charge >= 0.3 is 0 Å². The molecule has 0 aromatic heterocycles. The molecule has 0 unspecified atom stereocenters. The zero-order valence-corrected chi connectivity index (χ0v) is 16.3. The molecule has 0 amide bonds. The minimum Gasteiger partial charge on any atom is -0.493 e. The monoisotopic (exact) mass is 368 g/mol. The van der Waals surface area contributed by atoms with Crippen molar-refractivity contribution in [1.29, 1.82) is 0 Å². The number of ether oxygens (including phenoxy) is 2. The first-order chi connectivity index (χ1) is 12.2. The van der Waals surface area contributed by atoms with Crippen LogP contribution in [0.15, 0.2) is 18.2 Å². The number of thioether (sulfide) groups is 1. The van der Waals surface area contributed by atoms with Crippen LogP contribution in [0.1, 0.15) is 25.3 Å². The second-order valence-corrected chi connectivity index (χ2v) is 7.62.